The topological polar surface area (TPSA) is 45.2 Å². The van der Waals surface area contributed by atoms with Gasteiger partial charge >= 0.3 is 0 Å². The Hall–Kier alpha value is -1.59. The molecule has 6 heteroatoms. The summed E-state index contributed by atoms with van der Waals surface area (Å²) in [6.45, 7) is 2.03. The maximum absolute atomic E-state index is 12.2. The van der Waals surface area contributed by atoms with Gasteiger partial charge < -0.3 is 10.2 Å². The monoisotopic (exact) mass is 309 g/mol. The molecule has 4 nitrogen and oxygen atoms in total. The number of anilines is 1. The van der Waals surface area contributed by atoms with E-state index in [9.17, 15) is 4.79 Å². The zero-order chi connectivity index (χ0) is 14.7. The minimum atomic E-state index is -0.0549. The second-order valence-corrected chi connectivity index (χ2v) is 6.01. The molecule has 0 radical (unpaired) electrons. The number of nitrogens with zero attached hydrogens (tertiary/aromatic N) is 2. The van der Waals surface area contributed by atoms with E-state index >= 15 is 0 Å². The van der Waals surface area contributed by atoms with Crippen LogP contribution in [0, 0.1) is 0 Å². The van der Waals surface area contributed by atoms with Crippen molar-refractivity contribution in [2.45, 2.75) is 13.0 Å². The molecule has 106 valence electrons. The fourth-order valence-electron chi connectivity index (χ4n) is 1.81. The number of hydrogen-bond acceptors (Lipinski definition) is 4. The summed E-state index contributed by atoms with van der Waals surface area (Å²) in [6.07, 6.45) is 1.82. The lowest BCUT2D eigenvalue weighted by atomic mass is 10.1. The molecule has 0 saturated heterocycles. The Morgan fingerprint density at radius 2 is 2.20 bits per heavy atom. The van der Waals surface area contributed by atoms with E-state index in [1.807, 2.05) is 13.1 Å². The maximum atomic E-state index is 12.2. The number of amides is 1. The van der Waals surface area contributed by atoms with Crippen LogP contribution in [0.4, 0.5) is 5.69 Å². The number of nitrogens with one attached hydrogen (secondary N) is 1. The molecule has 0 aliphatic rings. The van der Waals surface area contributed by atoms with E-state index in [-0.39, 0.29) is 11.9 Å². The van der Waals surface area contributed by atoms with Crippen LogP contribution in [0.15, 0.2) is 29.9 Å². The first-order valence-corrected chi connectivity index (χ1v) is 7.41. The molecule has 0 aliphatic carbocycles. The van der Waals surface area contributed by atoms with E-state index in [1.165, 1.54) is 0 Å². The van der Waals surface area contributed by atoms with Gasteiger partial charge in [-0.15, -0.1) is 11.3 Å². The lowest BCUT2D eigenvalue weighted by molar-refractivity contribution is 0.0828. The summed E-state index contributed by atoms with van der Waals surface area (Å²) in [7, 11) is 3.46. The first-order valence-electron chi connectivity index (χ1n) is 6.15. The van der Waals surface area contributed by atoms with E-state index in [1.54, 1.807) is 54.0 Å². The predicted molar refractivity (Wildman–Crippen MR) is 83.6 cm³/mol. The summed E-state index contributed by atoms with van der Waals surface area (Å²) in [4.78, 5) is 18.9. The van der Waals surface area contributed by atoms with Crippen LogP contribution < -0.4 is 5.32 Å². The molecule has 1 N–H and O–H groups in total. The van der Waals surface area contributed by atoms with Crippen molar-refractivity contribution in [1.29, 1.82) is 0 Å². The van der Waals surface area contributed by atoms with Gasteiger partial charge in [0.05, 0.1) is 17.1 Å². The van der Waals surface area contributed by atoms with Gasteiger partial charge in [0.15, 0.2) is 0 Å². The molecule has 0 fully saturated rings. The molecule has 1 heterocycles. The fraction of sp³-hybridized carbons (Fsp3) is 0.286. The van der Waals surface area contributed by atoms with Gasteiger partial charge in [0, 0.05) is 35.9 Å². The number of benzene rings is 1. The van der Waals surface area contributed by atoms with Gasteiger partial charge in [-0.2, -0.15) is 0 Å². The molecule has 2 aromatic rings. The van der Waals surface area contributed by atoms with Gasteiger partial charge in [0.1, 0.15) is 0 Å². The van der Waals surface area contributed by atoms with E-state index < -0.39 is 0 Å². The number of hydrogen-bond donors (Lipinski definition) is 1. The Morgan fingerprint density at radius 1 is 1.45 bits per heavy atom. The zero-order valence-electron chi connectivity index (χ0n) is 11.6. The highest BCUT2D eigenvalue weighted by Crippen LogP contribution is 2.27. The first kappa shape index (κ1) is 14.8. The SMILES string of the molecule is CC(Nc1cc(Cl)ccc1C(=O)N(C)C)c1cncs1. The van der Waals surface area contributed by atoms with E-state index in [0.717, 1.165) is 10.6 Å². The van der Waals surface area contributed by atoms with Crippen molar-refractivity contribution in [3.05, 3.63) is 45.4 Å². The summed E-state index contributed by atoms with van der Waals surface area (Å²) < 4.78 is 0. The van der Waals surface area contributed by atoms with Gasteiger partial charge in [-0.25, -0.2) is 0 Å². The van der Waals surface area contributed by atoms with E-state index in [0.29, 0.717) is 10.6 Å². The van der Waals surface area contributed by atoms with Crippen LogP contribution in [0.5, 0.6) is 0 Å². The van der Waals surface area contributed by atoms with Gasteiger partial charge in [-0.05, 0) is 25.1 Å². The third-order valence-corrected chi connectivity index (χ3v) is 4.06. The summed E-state index contributed by atoms with van der Waals surface area (Å²) in [5.74, 6) is -0.0549. The Labute approximate surface area is 127 Å². The van der Waals surface area contributed by atoms with Crippen molar-refractivity contribution < 1.29 is 4.79 Å². The summed E-state index contributed by atoms with van der Waals surface area (Å²) >= 11 is 7.61. The van der Waals surface area contributed by atoms with Crippen molar-refractivity contribution >= 4 is 34.5 Å². The summed E-state index contributed by atoms with van der Waals surface area (Å²) in [6, 6.07) is 5.30. The van der Waals surface area contributed by atoms with Crippen molar-refractivity contribution in [1.82, 2.24) is 9.88 Å². The van der Waals surface area contributed by atoms with Gasteiger partial charge in [-0.3, -0.25) is 9.78 Å². The van der Waals surface area contributed by atoms with Crippen molar-refractivity contribution in [3.63, 3.8) is 0 Å². The lowest BCUT2D eigenvalue weighted by Crippen LogP contribution is -2.23. The average Bonchev–Trinajstić information content (AvgIpc) is 2.92. The number of thiazole rings is 1. The molecular weight excluding hydrogens is 294 g/mol. The van der Waals surface area contributed by atoms with Gasteiger partial charge in [0.25, 0.3) is 5.91 Å². The van der Waals surface area contributed by atoms with E-state index in [2.05, 4.69) is 10.3 Å². The highest BCUT2D eigenvalue weighted by Gasteiger charge is 2.16. The standard InChI is InChI=1S/C14H16ClN3OS/c1-9(13-7-16-8-20-13)17-12-6-10(15)4-5-11(12)14(19)18(2)3/h4-9,17H,1-3H3. The largest absolute Gasteiger partial charge is 0.377 e. The Balaban J connectivity index is 2.30. The first-order chi connectivity index (χ1) is 9.49. The van der Waals surface area contributed by atoms with Crippen molar-refractivity contribution in [2.24, 2.45) is 0 Å². The van der Waals surface area contributed by atoms with Crippen LogP contribution in [0.25, 0.3) is 0 Å². The number of carbonyl (C=O) groups excluding carboxylic acids is 1. The van der Waals surface area contributed by atoms with Crippen molar-refractivity contribution in [2.75, 3.05) is 19.4 Å². The zero-order valence-corrected chi connectivity index (χ0v) is 13.1. The highest BCUT2D eigenvalue weighted by atomic mass is 35.5. The van der Waals surface area contributed by atoms with Crippen LogP contribution in [0.2, 0.25) is 5.02 Å². The minimum Gasteiger partial charge on any atom is -0.377 e. The second kappa shape index (κ2) is 6.24. The molecule has 0 bridgehead atoms. The Kier molecular flexibility index (Phi) is 4.62. The Bertz CT molecular complexity index is 598. The summed E-state index contributed by atoms with van der Waals surface area (Å²) in [5.41, 5.74) is 3.13. The molecule has 1 amide bonds. The van der Waals surface area contributed by atoms with Crippen molar-refractivity contribution in [3.8, 4) is 0 Å². The normalized spacial score (nSPS) is 12.0. The maximum Gasteiger partial charge on any atom is 0.255 e. The molecule has 0 spiro atoms. The Morgan fingerprint density at radius 3 is 2.80 bits per heavy atom. The van der Waals surface area contributed by atoms with E-state index in [4.69, 9.17) is 11.6 Å². The fourth-order valence-corrected chi connectivity index (χ4v) is 2.61. The van der Waals surface area contributed by atoms with Crippen LogP contribution >= 0.6 is 22.9 Å². The molecule has 2 rings (SSSR count). The average molecular weight is 310 g/mol. The van der Waals surface area contributed by atoms with Crippen LogP contribution in [-0.4, -0.2) is 29.9 Å². The number of rotatable bonds is 4. The quantitative estimate of drug-likeness (QED) is 0.937. The number of carbonyl (C=O) groups is 1. The summed E-state index contributed by atoms with van der Waals surface area (Å²) in [5, 5.41) is 3.92. The number of aromatic nitrogens is 1. The third kappa shape index (κ3) is 3.29. The molecule has 1 atom stereocenters. The molecule has 20 heavy (non-hydrogen) atoms. The van der Waals surface area contributed by atoms with Gasteiger partial charge in [-0.1, -0.05) is 11.6 Å². The molecule has 1 aromatic heterocycles. The predicted octanol–water partition coefficient (Wildman–Crippen LogP) is 3.67. The lowest BCUT2D eigenvalue weighted by Gasteiger charge is -2.19. The molecule has 0 aliphatic heterocycles. The molecule has 1 unspecified atom stereocenters. The van der Waals surface area contributed by atoms with Gasteiger partial charge in [0.2, 0.25) is 0 Å². The van der Waals surface area contributed by atoms with Crippen LogP contribution in [0.1, 0.15) is 28.2 Å². The van der Waals surface area contributed by atoms with Crippen LogP contribution in [-0.2, 0) is 0 Å². The smallest absolute Gasteiger partial charge is 0.255 e. The number of halogens is 1. The van der Waals surface area contributed by atoms with Crippen LogP contribution in [0.3, 0.4) is 0 Å². The molecule has 0 saturated carbocycles. The second-order valence-electron chi connectivity index (χ2n) is 4.66. The minimum absolute atomic E-state index is 0.0549. The highest BCUT2D eigenvalue weighted by molar-refractivity contribution is 7.09. The molecular formula is C14H16ClN3OS. The third-order valence-electron chi connectivity index (χ3n) is 2.87. The molecule has 1 aromatic carbocycles.